The van der Waals surface area contributed by atoms with Gasteiger partial charge in [-0.1, -0.05) is 12.1 Å². The van der Waals surface area contributed by atoms with Crippen LogP contribution in [0.5, 0.6) is 5.75 Å². The zero-order chi connectivity index (χ0) is 15.1. The summed E-state index contributed by atoms with van der Waals surface area (Å²) in [5.74, 6) is -0.541. The minimum Gasteiger partial charge on any atom is -0.508 e. The molecule has 1 aromatic rings. The van der Waals surface area contributed by atoms with Gasteiger partial charge in [-0.2, -0.15) is 0 Å². The molecule has 0 bridgehead atoms. The summed E-state index contributed by atoms with van der Waals surface area (Å²) in [4.78, 5) is 12.8. The van der Waals surface area contributed by atoms with Gasteiger partial charge in [0.05, 0.1) is 19.2 Å². The summed E-state index contributed by atoms with van der Waals surface area (Å²) in [5.41, 5.74) is 6.43. The Balaban J connectivity index is 2.65. The van der Waals surface area contributed by atoms with Gasteiger partial charge in [-0.3, -0.25) is 4.79 Å². The average Bonchev–Trinajstić information content (AvgIpc) is 2.39. The topological polar surface area (TPSA) is 86.8 Å². The number of nitrogens with zero attached hydrogens (tertiary/aromatic N) is 1. The quantitative estimate of drug-likeness (QED) is 0.675. The molecule has 0 aromatic heterocycles. The summed E-state index contributed by atoms with van der Waals surface area (Å²) >= 11 is 0. The average molecular weight is 288 g/mol. The standard InChI is InChI=1S/C13H18F2N2O3/c14-12(15)8-17(5-6-18)13(20)11(16)7-9-1-3-10(19)4-2-9/h1-4,11-12,18-19H,5-8,16H2/t11-/m0/s1. The molecule has 4 N–H and O–H groups in total. The van der Waals surface area contributed by atoms with Gasteiger partial charge in [-0.15, -0.1) is 0 Å². The summed E-state index contributed by atoms with van der Waals surface area (Å²) in [6.45, 7) is -1.32. The molecule has 0 saturated carbocycles. The summed E-state index contributed by atoms with van der Waals surface area (Å²) in [5, 5.41) is 17.9. The fourth-order valence-electron chi connectivity index (χ4n) is 1.79. The number of carbonyl (C=O) groups is 1. The predicted molar refractivity (Wildman–Crippen MR) is 69.5 cm³/mol. The molecule has 5 nitrogen and oxygen atoms in total. The number of amides is 1. The normalized spacial score (nSPS) is 12.4. The van der Waals surface area contributed by atoms with Crippen molar-refractivity contribution in [3.8, 4) is 5.75 Å². The van der Waals surface area contributed by atoms with Crippen molar-refractivity contribution in [2.75, 3.05) is 19.7 Å². The van der Waals surface area contributed by atoms with Crippen LogP contribution < -0.4 is 5.73 Å². The molecule has 1 atom stereocenters. The summed E-state index contributed by atoms with van der Waals surface area (Å²) < 4.78 is 24.7. The Kier molecular flexibility index (Phi) is 6.33. The van der Waals surface area contributed by atoms with Gasteiger partial charge in [0, 0.05) is 6.54 Å². The van der Waals surface area contributed by atoms with Crippen molar-refractivity contribution in [1.29, 1.82) is 0 Å². The van der Waals surface area contributed by atoms with Crippen molar-refractivity contribution in [1.82, 2.24) is 4.90 Å². The van der Waals surface area contributed by atoms with E-state index < -0.39 is 31.5 Å². The van der Waals surface area contributed by atoms with E-state index in [1.165, 1.54) is 12.1 Å². The van der Waals surface area contributed by atoms with E-state index in [2.05, 4.69) is 0 Å². The Labute approximate surface area is 115 Å². The molecule has 7 heteroatoms. The highest BCUT2D eigenvalue weighted by Crippen LogP contribution is 2.12. The number of aromatic hydroxyl groups is 1. The van der Waals surface area contributed by atoms with Gasteiger partial charge in [0.15, 0.2) is 0 Å². The lowest BCUT2D eigenvalue weighted by atomic mass is 10.1. The summed E-state index contributed by atoms with van der Waals surface area (Å²) in [6, 6.07) is 5.15. The lowest BCUT2D eigenvalue weighted by Gasteiger charge is -2.24. The Morgan fingerprint density at radius 1 is 1.30 bits per heavy atom. The molecule has 1 aromatic carbocycles. The third-order valence-corrected chi connectivity index (χ3v) is 2.75. The number of hydrogen-bond acceptors (Lipinski definition) is 4. The van der Waals surface area contributed by atoms with Gasteiger partial charge in [-0.25, -0.2) is 8.78 Å². The van der Waals surface area contributed by atoms with E-state index in [1.807, 2.05) is 0 Å². The maximum Gasteiger partial charge on any atom is 0.255 e. The van der Waals surface area contributed by atoms with E-state index in [4.69, 9.17) is 15.9 Å². The van der Waals surface area contributed by atoms with Crippen molar-refractivity contribution in [2.24, 2.45) is 5.73 Å². The molecule has 0 aliphatic rings. The molecule has 1 rings (SSSR count). The maximum absolute atomic E-state index is 12.4. The van der Waals surface area contributed by atoms with Gasteiger partial charge in [-0.05, 0) is 24.1 Å². The van der Waals surface area contributed by atoms with Crippen LogP contribution in [0, 0.1) is 0 Å². The second-order valence-electron chi connectivity index (χ2n) is 4.38. The second-order valence-corrected chi connectivity index (χ2v) is 4.38. The lowest BCUT2D eigenvalue weighted by Crippen LogP contribution is -2.47. The molecule has 0 spiro atoms. The number of phenols is 1. The number of aliphatic hydroxyl groups is 1. The predicted octanol–water partition coefficient (Wildman–Crippen LogP) is 0.348. The number of benzene rings is 1. The van der Waals surface area contributed by atoms with Crippen LogP contribution in [0.1, 0.15) is 5.56 Å². The number of aliphatic hydroxyl groups excluding tert-OH is 1. The molecular formula is C13H18F2N2O3. The third-order valence-electron chi connectivity index (χ3n) is 2.75. The second kappa shape index (κ2) is 7.76. The smallest absolute Gasteiger partial charge is 0.255 e. The highest BCUT2D eigenvalue weighted by atomic mass is 19.3. The van der Waals surface area contributed by atoms with E-state index in [0.717, 1.165) is 4.90 Å². The molecule has 1 amide bonds. The number of rotatable bonds is 7. The molecule has 20 heavy (non-hydrogen) atoms. The number of halogens is 2. The van der Waals surface area contributed by atoms with Crippen LogP contribution in [0.4, 0.5) is 8.78 Å². The first-order chi connectivity index (χ1) is 9.43. The van der Waals surface area contributed by atoms with Crippen LogP contribution in [0.3, 0.4) is 0 Å². The van der Waals surface area contributed by atoms with Crippen LogP contribution in [0.2, 0.25) is 0 Å². The molecule has 0 radical (unpaired) electrons. The van der Waals surface area contributed by atoms with Crippen LogP contribution in [0.15, 0.2) is 24.3 Å². The van der Waals surface area contributed by atoms with Crippen molar-refractivity contribution in [2.45, 2.75) is 18.9 Å². The van der Waals surface area contributed by atoms with Crippen LogP contribution in [0.25, 0.3) is 0 Å². The third kappa shape index (κ3) is 5.10. The summed E-state index contributed by atoms with van der Waals surface area (Å²) in [7, 11) is 0. The fourth-order valence-corrected chi connectivity index (χ4v) is 1.79. The Hall–Kier alpha value is -1.73. The Morgan fingerprint density at radius 2 is 1.90 bits per heavy atom. The molecule has 0 fully saturated rings. The first-order valence-electron chi connectivity index (χ1n) is 6.15. The molecule has 0 aliphatic heterocycles. The van der Waals surface area contributed by atoms with Gasteiger partial charge >= 0.3 is 0 Å². The van der Waals surface area contributed by atoms with E-state index in [0.29, 0.717) is 5.56 Å². The maximum atomic E-state index is 12.4. The molecular weight excluding hydrogens is 270 g/mol. The monoisotopic (exact) mass is 288 g/mol. The minimum atomic E-state index is -2.67. The first kappa shape index (κ1) is 16.3. The van der Waals surface area contributed by atoms with Crippen molar-refractivity contribution in [3.63, 3.8) is 0 Å². The van der Waals surface area contributed by atoms with Gasteiger partial charge in [0.1, 0.15) is 5.75 Å². The van der Waals surface area contributed by atoms with Gasteiger partial charge in [0.25, 0.3) is 6.43 Å². The van der Waals surface area contributed by atoms with E-state index >= 15 is 0 Å². The highest BCUT2D eigenvalue weighted by molar-refractivity contribution is 5.82. The van der Waals surface area contributed by atoms with Gasteiger partial charge in [0.2, 0.25) is 5.91 Å². The SMILES string of the molecule is N[C@@H](Cc1ccc(O)cc1)C(=O)N(CCO)CC(F)F. The van der Waals surface area contributed by atoms with Crippen molar-refractivity contribution in [3.05, 3.63) is 29.8 Å². The van der Waals surface area contributed by atoms with E-state index in [-0.39, 0.29) is 18.7 Å². The minimum absolute atomic E-state index is 0.0910. The van der Waals surface area contributed by atoms with Crippen LogP contribution in [-0.2, 0) is 11.2 Å². The van der Waals surface area contributed by atoms with Crippen LogP contribution >= 0.6 is 0 Å². The lowest BCUT2D eigenvalue weighted by molar-refractivity contribution is -0.135. The molecule has 0 aliphatic carbocycles. The van der Waals surface area contributed by atoms with Gasteiger partial charge < -0.3 is 20.8 Å². The number of alkyl halides is 2. The van der Waals surface area contributed by atoms with Crippen molar-refractivity contribution < 1.29 is 23.8 Å². The van der Waals surface area contributed by atoms with Crippen molar-refractivity contribution >= 4 is 5.91 Å². The largest absolute Gasteiger partial charge is 0.508 e. The summed E-state index contributed by atoms with van der Waals surface area (Å²) in [6.07, 6.45) is -2.50. The Morgan fingerprint density at radius 3 is 2.40 bits per heavy atom. The Bertz CT molecular complexity index is 426. The zero-order valence-electron chi connectivity index (χ0n) is 10.9. The number of hydrogen-bond donors (Lipinski definition) is 3. The highest BCUT2D eigenvalue weighted by Gasteiger charge is 2.23. The number of carbonyl (C=O) groups excluding carboxylic acids is 1. The van der Waals surface area contributed by atoms with Crippen LogP contribution in [-0.4, -0.2) is 53.2 Å². The van der Waals surface area contributed by atoms with E-state index in [9.17, 15) is 13.6 Å². The molecule has 0 heterocycles. The number of nitrogens with two attached hydrogens (primary N) is 1. The first-order valence-corrected chi connectivity index (χ1v) is 6.15. The number of phenolic OH excluding ortho intramolecular Hbond substituents is 1. The van der Waals surface area contributed by atoms with E-state index in [1.54, 1.807) is 12.1 Å². The molecule has 112 valence electrons. The molecule has 0 unspecified atom stereocenters. The zero-order valence-corrected chi connectivity index (χ0v) is 10.9. The molecule has 0 saturated heterocycles. The fraction of sp³-hybridized carbons (Fsp3) is 0.462.